The van der Waals surface area contributed by atoms with Gasteiger partial charge in [-0.25, -0.2) is 9.97 Å². The van der Waals surface area contributed by atoms with Crippen LogP contribution in [0.15, 0.2) is 24.3 Å². The van der Waals surface area contributed by atoms with E-state index in [0.717, 1.165) is 0 Å². The number of para-hydroxylation sites is 1. The summed E-state index contributed by atoms with van der Waals surface area (Å²) in [4.78, 5) is 7.99. The zero-order valence-corrected chi connectivity index (χ0v) is 11.2. The van der Waals surface area contributed by atoms with Gasteiger partial charge in [0.15, 0.2) is 11.5 Å². The summed E-state index contributed by atoms with van der Waals surface area (Å²) in [7, 11) is 1.46. The molecular weight excluding hydrogens is 283 g/mol. The topological polar surface area (TPSA) is 47.0 Å². The second-order valence-corrected chi connectivity index (χ2v) is 4.62. The number of alkyl halides is 3. The van der Waals surface area contributed by atoms with Gasteiger partial charge in [0.2, 0.25) is 0 Å². The summed E-state index contributed by atoms with van der Waals surface area (Å²) < 4.78 is 44.7. The van der Waals surface area contributed by atoms with Crippen LogP contribution in [-0.4, -0.2) is 17.1 Å². The molecular formula is C14H12F3N3O. The van der Waals surface area contributed by atoms with Gasteiger partial charge in [0, 0.05) is 18.7 Å². The van der Waals surface area contributed by atoms with Gasteiger partial charge in [-0.05, 0) is 12.1 Å². The predicted molar refractivity (Wildman–Crippen MR) is 69.6 cm³/mol. The third kappa shape index (κ3) is 2.44. The number of nitrogens with one attached hydrogen (secondary N) is 1. The summed E-state index contributed by atoms with van der Waals surface area (Å²) in [5.41, 5.74) is 0.0815. The Bertz CT molecular complexity index is 686. The van der Waals surface area contributed by atoms with E-state index in [2.05, 4.69) is 15.3 Å². The quantitative estimate of drug-likeness (QED) is 0.925. The van der Waals surface area contributed by atoms with E-state index in [0.29, 0.717) is 23.6 Å². The van der Waals surface area contributed by atoms with Crippen LogP contribution in [0.4, 0.5) is 13.2 Å². The lowest BCUT2D eigenvalue weighted by Crippen LogP contribution is -2.14. The minimum atomic E-state index is -4.50. The first kappa shape index (κ1) is 13.8. The zero-order chi connectivity index (χ0) is 15.0. The van der Waals surface area contributed by atoms with E-state index in [-0.39, 0.29) is 17.9 Å². The van der Waals surface area contributed by atoms with Gasteiger partial charge >= 0.3 is 6.18 Å². The number of halogens is 3. The maximum Gasteiger partial charge on any atom is 0.433 e. The third-order valence-corrected chi connectivity index (χ3v) is 3.30. The maximum atomic E-state index is 13.2. The first-order valence-corrected chi connectivity index (χ1v) is 6.32. The highest BCUT2D eigenvalue weighted by molar-refractivity contribution is 5.64. The lowest BCUT2D eigenvalue weighted by Gasteiger charge is -2.13. The van der Waals surface area contributed by atoms with Gasteiger partial charge in [-0.3, -0.25) is 0 Å². The summed E-state index contributed by atoms with van der Waals surface area (Å²) in [6, 6.07) is 6.75. The van der Waals surface area contributed by atoms with Crippen molar-refractivity contribution < 1.29 is 17.9 Å². The molecule has 0 bridgehead atoms. The number of methoxy groups -OCH3 is 1. The largest absolute Gasteiger partial charge is 0.496 e. The fourth-order valence-corrected chi connectivity index (χ4v) is 2.35. The van der Waals surface area contributed by atoms with E-state index in [1.165, 1.54) is 7.11 Å². The molecule has 0 aliphatic carbocycles. The highest BCUT2D eigenvalue weighted by Gasteiger charge is 2.38. The van der Waals surface area contributed by atoms with Gasteiger partial charge in [0.05, 0.1) is 18.4 Å². The van der Waals surface area contributed by atoms with Gasteiger partial charge < -0.3 is 10.1 Å². The average Bonchev–Trinajstić information content (AvgIpc) is 2.93. The van der Waals surface area contributed by atoms with Gasteiger partial charge in [0.25, 0.3) is 0 Å². The Labute approximate surface area is 119 Å². The normalized spacial score (nSPS) is 14.1. The Morgan fingerprint density at radius 3 is 2.62 bits per heavy atom. The van der Waals surface area contributed by atoms with Gasteiger partial charge in [0.1, 0.15) is 5.75 Å². The third-order valence-electron chi connectivity index (χ3n) is 3.30. The summed E-state index contributed by atoms with van der Waals surface area (Å²) >= 11 is 0. The molecule has 7 heteroatoms. The number of aromatic nitrogens is 2. The lowest BCUT2D eigenvalue weighted by atomic mass is 10.1. The van der Waals surface area contributed by atoms with Crippen molar-refractivity contribution in [2.24, 2.45) is 0 Å². The molecule has 1 aromatic heterocycles. The molecule has 0 amide bonds. The van der Waals surface area contributed by atoms with Crippen LogP contribution in [0.25, 0.3) is 11.4 Å². The van der Waals surface area contributed by atoms with E-state index < -0.39 is 11.9 Å². The van der Waals surface area contributed by atoms with Crippen molar-refractivity contribution >= 4 is 0 Å². The number of benzene rings is 1. The van der Waals surface area contributed by atoms with Crippen LogP contribution in [0.1, 0.15) is 17.0 Å². The Hall–Kier alpha value is -2.15. The molecule has 0 fully saturated rings. The van der Waals surface area contributed by atoms with E-state index in [4.69, 9.17) is 4.74 Å². The molecule has 21 heavy (non-hydrogen) atoms. The number of ether oxygens (including phenoxy) is 1. The first-order valence-electron chi connectivity index (χ1n) is 6.32. The second-order valence-electron chi connectivity index (χ2n) is 4.62. The van der Waals surface area contributed by atoms with E-state index in [9.17, 15) is 13.2 Å². The van der Waals surface area contributed by atoms with Crippen LogP contribution in [0.5, 0.6) is 5.75 Å². The number of nitrogens with zero attached hydrogens (tertiary/aromatic N) is 2. The second kappa shape index (κ2) is 5.00. The minimum Gasteiger partial charge on any atom is -0.496 e. The number of hydrogen-bond donors (Lipinski definition) is 1. The van der Waals surface area contributed by atoms with Crippen LogP contribution in [0.3, 0.4) is 0 Å². The number of hydrogen-bond acceptors (Lipinski definition) is 4. The summed E-state index contributed by atoms with van der Waals surface area (Å²) in [5.74, 6) is 0.471. The SMILES string of the molecule is COc1ccccc1-c1nc2c(c(C(F)(F)F)n1)CNC2. The Morgan fingerprint density at radius 2 is 1.90 bits per heavy atom. The van der Waals surface area contributed by atoms with E-state index in [1.807, 2.05) is 0 Å². The van der Waals surface area contributed by atoms with Gasteiger partial charge in [-0.1, -0.05) is 12.1 Å². The van der Waals surface area contributed by atoms with Crippen molar-refractivity contribution in [1.82, 2.24) is 15.3 Å². The highest BCUT2D eigenvalue weighted by Crippen LogP contribution is 2.36. The molecule has 2 aromatic rings. The Morgan fingerprint density at radius 1 is 1.14 bits per heavy atom. The molecule has 1 aromatic carbocycles. The van der Waals surface area contributed by atoms with Gasteiger partial charge in [-0.2, -0.15) is 13.2 Å². The van der Waals surface area contributed by atoms with Crippen LogP contribution in [-0.2, 0) is 19.3 Å². The number of rotatable bonds is 2. The molecule has 4 nitrogen and oxygen atoms in total. The van der Waals surface area contributed by atoms with Crippen molar-refractivity contribution in [1.29, 1.82) is 0 Å². The summed E-state index contributed by atoms with van der Waals surface area (Å²) in [6.45, 7) is 0.444. The molecule has 0 atom stereocenters. The molecule has 1 aliphatic heterocycles. The molecule has 1 N–H and O–H groups in total. The molecule has 3 rings (SSSR count). The van der Waals surface area contributed by atoms with Gasteiger partial charge in [-0.15, -0.1) is 0 Å². The molecule has 0 saturated heterocycles. The lowest BCUT2D eigenvalue weighted by molar-refractivity contribution is -0.141. The first-order chi connectivity index (χ1) is 10.0. The van der Waals surface area contributed by atoms with Crippen molar-refractivity contribution in [2.75, 3.05) is 7.11 Å². The Kier molecular flexibility index (Phi) is 3.29. The molecule has 0 spiro atoms. The van der Waals surface area contributed by atoms with Crippen LogP contribution < -0.4 is 10.1 Å². The fraction of sp³-hybridized carbons (Fsp3) is 0.286. The molecule has 0 radical (unpaired) electrons. The zero-order valence-electron chi connectivity index (χ0n) is 11.2. The van der Waals surface area contributed by atoms with Crippen molar-refractivity contribution in [3.8, 4) is 17.1 Å². The van der Waals surface area contributed by atoms with E-state index in [1.54, 1.807) is 24.3 Å². The van der Waals surface area contributed by atoms with Crippen LogP contribution in [0, 0.1) is 0 Å². The van der Waals surface area contributed by atoms with E-state index >= 15 is 0 Å². The standard InChI is InChI=1S/C14H12F3N3O/c1-21-11-5-3-2-4-8(11)13-19-10-7-18-6-9(10)12(20-13)14(15,16)17/h2-5,18H,6-7H2,1H3. The molecule has 0 unspecified atom stereocenters. The monoisotopic (exact) mass is 295 g/mol. The summed E-state index contributed by atoms with van der Waals surface area (Å²) in [5, 5.41) is 2.87. The van der Waals surface area contributed by atoms with Crippen molar-refractivity contribution in [3.05, 3.63) is 41.2 Å². The highest BCUT2D eigenvalue weighted by atomic mass is 19.4. The van der Waals surface area contributed by atoms with Crippen molar-refractivity contribution in [3.63, 3.8) is 0 Å². The molecule has 1 aliphatic rings. The molecule has 2 heterocycles. The Balaban J connectivity index is 2.21. The smallest absolute Gasteiger partial charge is 0.433 e. The number of fused-ring (bicyclic) bond motifs is 1. The molecule has 110 valence electrons. The summed E-state index contributed by atoms with van der Waals surface area (Å²) in [6.07, 6.45) is -4.50. The fourth-order valence-electron chi connectivity index (χ4n) is 2.35. The maximum absolute atomic E-state index is 13.2. The predicted octanol–water partition coefficient (Wildman–Crippen LogP) is 2.77. The van der Waals surface area contributed by atoms with Crippen LogP contribution >= 0.6 is 0 Å². The van der Waals surface area contributed by atoms with Crippen molar-refractivity contribution in [2.45, 2.75) is 19.3 Å². The van der Waals surface area contributed by atoms with Crippen LogP contribution in [0.2, 0.25) is 0 Å². The average molecular weight is 295 g/mol. The molecule has 0 saturated carbocycles. The minimum absolute atomic E-state index is 0.0298.